The van der Waals surface area contributed by atoms with Gasteiger partial charge in [-0.05, 0) is 35.2 Å². The zero-order valence-electron chi connectivity index (χ0n) is 16.3. The normalized spacial score (nSPS) is 19.6. The number of thiophene rings is 1. The highest BCUT2D eigenvalue weighted by atomic mass is 32.1. The summed E-state index contributed by atoms with van der Waals surface area (Å²) in [4.78, 5) is 16.7. The molecule has 0 bridgehead atoms. The van der Waals surface area contributed by atoms with Gasteiger partial charge < -0.3 is 20.1 Å². The van der Waals surface area contributed by atoms with E-state index in [1.807, 2.05) is 24.3 Å². The van der Waals surface area contributed by atoms with E-state index in [0.29, 0.717) is 0 Å². The summed E-state index contributed by atoms with van der Waals surface area (Å²) in [5, 5.41) is 7.61. The number of nitrogens with one attached hydrogen (secondary N) is 2. The lowest BCUT2D eigenvalue weighted by Gasteiger charge is -2.28. The maximum absolute atomic E-state index is 13.0. The van der Waals surface area contributed by atoms with Crippen molar-refractivity contribution >= 4 is 22.2 Å². The quantitative estimate of drug-likeness (QED) is 0.675. The van der Waals surface area contributed by atoms with Crippen LogP contribution >= 0.6 is 11.3 Å². The Balaban J connectivity index is 1.24. The third kappa shape index (κ3) is 3.02. The molecule has 0 saturated carbocycles. The van der Waals surface area contributed by atoms with Gasteiger partial charge in [0.15, 0.2) is 11.5 Å². The van der Waals surface area contributed by atoms with E-state index in [4.69, 9.17) is 9.47 Å². The number of fused-ring (bicyclic) bond motifs is 4. The molecular weight excluding hydrogens is 398 g/mol. The number of hydrogen-bond acceptors (Lipinski definition) is 6. The Kier molecular flexibility index (Phi) is 4.17. The van der Waals surface area contributed by atoms with Gasteiger partial charge in [0.05, 0.1) is 5.56 Å². The first kappa shape index (κ1) is 17.8. The maximum atomic E-state index is 13.0. The number of rotatable bonds is 3. The molecule has 3 aliphatic rings. The number of ether oxygens (including phenoxy) is 2. The lowest BCUT2D eigenvalue weighted by atomic mass is 10.00. The smallest absolute Gasteiger partial charge is 0.256 e. The minimum absolute atomic E-state index is 0.000395. The highest BCUT2D eigenvalue weighted by Crippen LogP contribution is 2.42. The minimum atomic E-state index is -0.278. The van der Waals surface area contributed by atoms with Crippen molar-refractivity contribution in [3.8, 4) is 11.5 Å². The second kappa shape index (κ2) is 7.04. The number of benzene rings is 2. The molecule has 4 heterocycles. The van der Waals surface area contributed by atoms with Gasteiger partial charge in [-0.1, -0.05) is 36.4 Å². The van der Waals surface area contributed by atoms with Crippen molar-refractivity contribution in [2.45, 2.75) is 25.7 Å². The fourth-order valence-electron chi connectivity index (χ4n) is 4.40. The second-order valence-electron chi connectivity index (χ2n) is 7.82. The zero-order chi connectivity index (χ0) is 20.1. The molecule has 1 amide bonds. The Bertz CT molecular complexity index is 1130. The molecule has 1 atom stereocenters. The first-order valence-electron chi connectivity index (χ1n) is 10.1. The molecule has 6 nitrogen and oxygen atoms in total. The third-order valence-electron chi connectivity index (χ3n) is 5.89. The van der Waals surface area contributed by atoms with Gasteiger partial charge in [-0.15, -0.1) is 11.3 Å². The molecular formula is C23H21N3O3S. The molecule has 2 aromatic carbocycles. The summed E-state index contributed by atoms with van der Waals surface area (Å²) >= 11 is 1.71. The number of carbonyl (C=O) groups excluding carboxylic acids is 1. The summed E-state index contributed by atoms with van der Waals surface area (Å²) in [5.41, 5.74) is 4.30. The van der Waals surface area contributed by atoms with Crippen LogP contribution in [0.2, 0.25) is 0 Å². The van der Waals surface area contributed by atoms with Gasteiger partial charge in [0.2, 0.25) is 6.79 Å². The standard InChI is InChI=1S/C23H21N3O3S/c27-22-20-16-8-9-26(11-14-4-2-1-3-5-14)12-19(16)30-23(20)25-21(24-22)15-6-7-17-18(10-15)29-13-28-17/h1-7,10,21,25H,8-9,11-13H2,(H,24,27)/t21-/m1/s1. The van der Waals surface area contributed by atoms with E-state index in [0.717, 1.165) is 53.7 Å². The first-order valence-corrected chi connectivity index (χ1v) is 10.9. The summed E-state index contributed by atoms with van der Waals surface area (Å²) in [5.74, 6) is 1.46. The van der Waals surface area contributed by atoms with Crippen LogP contribution in [0.1, 0.15) is 38.1 Å². The Morgan fingerprint density at radius 2 is 1.93 bits per heavy atom. The van der Waals surface area contributed by atoms with E-state index >= 15 is 0 Å². The van der Waals surface area contributed by atoms with Gasteiger partial charge in [-0.2, -0.15) is 0 Å². The van der Waals surface area contributed by atoms with Crippen LogP contribution in [-0.2, 0) is 19.5 Å². The highest BCUT2D eigenvalue weighted by molar-refractivity contribution is 7.16. The topological polar surface area (TPSA) is 62.8 Å². The molecule has 152 valence electrons. The van der Waals surface area contributed by atoms with Crippen LogP contribution in [0.25, 0.3) is 0 Å². The number of anilines is 1. The summed E-state index contributed by atoms with van der Waals surface area (Å²) in [6.07, 6.45) is 0.623. The molecule has 0 spiro atoms. The monoisotopic (exact) mass is 419 g/mol. The summed E-state index contributed by atoms with van der Waals surface area (Å²) in [6.45, 7) is 3.02. The second-order valence-corrected chi connectivity index (χ2v) is 8.92. The Hall–Kier alpha value is -3.03. The molecule has 0 unspecified atom stereocenters. The van der Waals surface area contributed by atoms with Crippen LogP contribution in [0.5, 0.6) is 11.5 Å². The van der Waals surface area contributed by atoms with Crippen LogP contribution < -0.4 is 20.1 Å². The first-order chi connectivity index (χ1) is 14.7. The molecule has 0 saturated heterocycles. The van der Waals surface area contributed by atoms with Gasteiger partial charge in [0.25, 0.3) is 5.91 Å². The van der Waals surface area contributed by atoms with Crippen LogP contribution in [0.3, 0.4) is 0 Å². The average Bonchev–Trinajstić information content (AvgIpc) is 3.37. The fourth-order valence-corrected chi connectivity index (χ4v) is 5.72. The summed E-state index contributed by atoms with van der Waals surface area (Å²) in [6, 6.07) is 16.3. The molecule has 30 heavy (non-hydrogen) atoms. The number of hydrogen-bond donors (Lipinski definition) is 2. The summed E-state index contributed by atoms with van der Waals surface area (Å²) < 4.78 is 10.9. The van der Waals surface area contributed by atoms with Crippen molar-refractivity contribution in [2.75, 3.05) is 18.7 Å². The zero-order valence-corrected chi connectivity index (χ0v) is 17.1. The molecule has 6 rings (SSSR count). The van der Waals surface area contributed by atoms with E-state index in [1.165, 1.54) is 16.0 Å². The molecule has 0 fully saturated rings. The lowest BCUT2D eigenvalue weighted by Crippen LogP contribution is -2.38. The lowest BCUT2D eigenvalue weighted by molar-refractivity contribution is 0.0934. The van der Waals surface area contributed by atoms with E-state index in [1.54, 1.807) is 11.3 Å². The Morgan fingerprint density at radius 3 is 2.83 bits per heavy atom. The molecule has 3 aliphatic heterocycles. The van der Waals surface area contributed by atoms with Gasteiger partial charge >= 0.3 is 0 Å². The van der Waals surface area contributed by atoms with E-state index in [2.05, 4.69) is 39.8 Å². The largest absolute Gasteiger partial charge is 0.454 e. The van der Waals surface area contributed by atoms with Crippen molar-refractivity contribution in [1.82, 2.24) is 10.2 Å². The van der Waals surface area contributed by atoms with Crippen LogP contribution in [0.4, 0.5) is 5.00 Å². The van der Waals surface area contributed by atoms with Crippen molar-refractivity contribution < 1.29 is 14.3 Å². The fraction of sp³-hybridized carbons (Fsp3) is 0.261. The third-order valence-corrected chi connectivity index (χ3v) is 7.04. The van der Waals surface area contributed by atoms with Crippen LogP contribution in [0.15, 0.2) is 48.5 Å². The predicted molar refractivity (Wildman–Crippen MR) is 115 cm³/mol. The number of amides is 1. The van der Waals surface area contributed by atoms with Crippen LogP contribution in [0, 0.1) is 0 Å². The van der Waals surface area contributed by atoms with Crippen molar-refractivity contribution in [1.29, 1.82) is 0 Å². The Morgan fingerprint density at radius 1 is 1.07 bits per heavy atom. The molecule has 1 aromatic heterocycles. The Labute approximate surface area is 178 Å². The average molecular weight is 420 g/mol. The molecule has 0 aliphatic carbocycles. The van der Waals surface area contributed by atoms with Crippen molar-refractivity contribution in [2.24, 2.45) is 0 Å². The molecule has 7 heteroatoms. The van der Waals surface area contributed by atoms with Gasteiger partial charge in [0, 0.05) is 24.5 Å². The van der Waals surface area contributed by atoms with E-state index in [9.17, 15) is 4.79 Å². The van der Waals surface area contributed by atoms with E-state index in [-0.39, 0.29) is 18.9 Å². The van der Waals surface area contributed by atoms with Crippen molar-refractivity contribution in [3.05, 3.63) is 75.7 Å². The maximum Gasteiger partial charge on any atom is 0.256 e. The van der Waals surface area contributed by atoms with E-state index < -0.39 is 0 Å². The highest BCUT2D eigenvalue weighted by Gasteiger charge is 2.33. The molecule has 2 N–H and O–H groups in total. The number of nitrogens with zero attached hydrogens (tertiary/aromatic N) is 1. The SMILES string of the molecule is O=C1N[C@@H](c2ccc3c(c2)OCO3)Nc2sc3c(c21)CCN(Cc1ccccc1)C3. The van der Waals surface area contributed by atoms with Gasteiger partial charge in [-0.25, -0.2) is 0 Å². The molecule has 0 radical (unpaired) electrons. The minimum Gasteiger partial charge on any atom is -0.454 e. The molecule has 3 aromatic rings. The van der Waals surface area contributed by atoms with Crippen LogP contribution in [-0.4, -0.2) is 24.1 Å². The predicted octanol–water partition coefficient (Wildman–Crippen LogP) is 3.89. The van der Waals surface area contributed by atoms with Gasteiger partial charge in [0.1, 0.15) is 11.2 Å². The van der Waals surface area contributed by atoms with Crippen molar-refractivity contribution in [3.63, 3.8) is 0 Å². The summed E-state index contributed by atoms with van der Waals surface area (Å²) in [7, 11) is 0. The van der Waals surface area contributed by atoms with Gasteiger partial charge in [-0.3, -0.25) is 9.69 Å². The number of carbonyl (C=O) groups is 1.